The standard InChI is InChI=1S/C22H29NO/c1-3-5-17-23(16-4-2)22(24)18-21(19-12-8-6-9-13-19)20-14-10-7-11-15-20/h6-15,21H,3-5,16-18H2,1-2H3. The lowest BCUT2D eigenvalue weighted by atomic mass is 9.88. The van der Waals surface area contributed by atoms with Gasteiger partial charge in [-0.3, -0.25) is 4.79 Å². The molecule has 0 unspecified atom stereocenters. The predicted molar refractivity (Wildman–Crippen MR) is 101 cm³/mol. The molecular weight excluding hydrogens is 294 g/mol. The second-order valence-electron chi connectivity index (χ2n) is 6.31. The Morgan fingerprint density at radius 3 is 1.83 bits per heavy atom. The highest BCUT2D eigenvalue weighted by atomic mass is 16.2. The Labute approximate surface area is 146 Å². The maximum absolute atomic E-state index is 12.9. The van der Waals surface area contributed by atoms with Crippen LogP contribution in [0.4, 0.5) is 0 Å². The largest absolute Gasteiger partial charge is 0.343 e. The monoisotopic (exact) mass is 323 g/mol. The van der Waals surface area contributed by atoms with E-state index in [-0.39, 0.29) is 11.8 Å². The SMILES string of the molecule is CCCCN(CCC)C(=O)CC(c1ccccc1)c1ccccc1. The van der Waals surface area contributed by atoms with E-state index >= 15 is 0 Å². The first-order valence-corrected chi connectivity index (χ1v) is 9.13. The van der Waals surface area contributed by atoms with Crippen LogP contribution in [0.3, 0.4) is 0 Å². The van der Waals surface area contributed by atoms with Gasteiger partial charge in [0, 0.05) is 25.4 Å². The summed E-state index contributed by atoms with van der Waals surface area (Å²) in [5.74, 6) is 0.392. The van der Waals surface area contributed by atoms with Crippen LogP contribution in [-0.2, 0) is 4.79 Å². The quantitative estimate of drug-likeness (QED) is 0.617. The second kappa shape index (κ2) is 9.92. The molecule has 2 rings (SSSR count). The van der Waals surface area contributed by atoms with E-state index in [4.69, 9.17) is 0 Å². The molecule has 128 valence electrons. The predicted octanol–water partition coefficient (Wildman–Crippen LogP) is 5.25. The molecule has 0 heterocycles. The maximum Gasteiger partial charge on any atom is 0.223 e. The second-order valence-corrected chi connectivity index (χ2v) is 6.31. The molecule has 0 bridgehead atoms. The molecule has 0 saturated carbocycles. The van der Waals surface area contributed by atoms with Crippen LogP contribution in [0.15, 0.2) is 60.7 Å². The zero-order valence-corrected chi connectivity index (χ0v) is 14.9. The number of carbonyl (C=O) groups excluding carboxylic acids is 1. The summed E-state index contributed by atoms with van der Waals surface area (Å²) in [6.45, 7) is 6.04. The molecule has 2 nitrogen and oxygen atoms in total. The summed E-state index contributed by atoms with van der Waals surface area (Å²) in [5.41, 5.74) is 2.42. The van der Waals surface area contributed by atoms with E-state index in [1.807, 2.05) is 17.0 Å². The molecule has 0 aliphatic heterocycles. The zero-order valence-electron chi connectivity index (χ0n) is 14.9. The Morgan fingerprint density at radius 1 is 0.833 bits per heavy atom. The van der Waals surface area contributed by atoms with Gasteiger partial charge in [0.25, 0.3) is 0 Å². The minimum absolute atomic E-state index is 0.126. The molecule has 1 amide bonds. The van der Waals surface area contributed by atoms with Crippen LogP contribution in [0.5, 0.6) is 0 Å². The first-order valence-electron chi connectivity index (χ1n) is 9.13. The van der Waals surface area contributed by atoms with Gasteiger partial charge in [-0.1, -0.05) is 80.9 Å². The van der Waals surface area contributed by atoms with E-state index < -0.39 is 0 Å². The number of hydrogen-bond donors (Lipinski definition) is 0. The number of carbonyl (C=O) groups is 1. The van der Waals surface area contributed by atoms with Crippen molar-refractivity contribution in [1.29, 1.82) is 0 Å². The molecule has 0 spiro atoms. The van der Waals surface area contributed by atoms with Gasteiger partial charge in [0.1, 0.15) is 0 Å². The molecule has 2 aromatic carbocycles. The number of hydrogen-bond acceptors (Lipinski definition) is 1. The number of nitrogens with zero attached hydrogens (tertiary/aromatic N) is 1. The van der Waals surface area contributed by atoms with Crippen molar-refractivity contribution in [3.8, 4) is 0 Å². The van der Waals surface area contributed by atoms with Gasteiger partial charge in [-0.25, -0.2) is 0 Å². The fourth-order valence-electron chi connectivity index (χ4n) is 3.08. The molecular formula is C22H29NO. The van der Waals surface area contributed by atoms with Crippen LogP contribution in [-0.4, -0.2) is 23.9 Å². The van der Waals surface area contributed by atoms with Gasteiger partial charge in [-0.2, -0.15) is 0 Å². The topological polar surface area (TPSA) is 20.3 Å². The van der Waals surface area contributed by atoms with E-state index in [0.29, 0.717) is 6.42 Å². The maximum atomic E-state index is 12.9. The molecule has 24 heavy (non-hydrogen) atoms. The summed E-state index contributed by atoms with van der Waals surface area (Å²) in [6, 6.07) is 20.8. The van der Waals surface area contributed by atoms with Crippen molar-refractivity contribution in [1.82, 2.24) is 4.90 Å². The zero-order chi connectivity index (χ0) is 17.2. The summed E-state index contributed by atoms with van der Waals surface area (Å²) < 4.78 is 0. The molecule has 0 aliphatic carbocycles. The minimum atomic E-state index is 0.126. The fraction of sp³-hybridized carbons (Fsp3) is 0.409. The lowest BCUT2D eigenvalue weighted by Crippen LogP contribution is -2.33. The average molecular weight is 323 g/mol. The summed E-state index contributed by atoms with van der Waals surface area (Å²) in [5, 5.41) is 0. The highest BCUT2D eigenvalue weighted by Crippen LogP contribution is 2.28. The molecule has 0 saturated heterocycles. The van der Waals surface area contributed by atoms with Gasteiger partial charge >= 0.3 is 0 Å². The molecule has 0 atom stereocenters. The van der Waals surface area contributed by atoms with E-state index in [1.165, 1.54) is 11.1 Å². The number of unbranched alkanes of at least 4 members (excludes halogenated alkanes) is 1. The summed E-state index contributed by atoms with van der Waals surface area (Å²) in [6.07, 6.45) is 3.75. The molecule has 2 aromatic rings. The van der Waals surface area contributed by atoms with Gasteiger partial charge in [0.2, 0.25) is 5.91 Å². The molecule has 0 aromatic heterocycles. The van der Waals surface area contributed by atoms with Crippen LogP contribution < -0.4 is 0 Å². The lowest BCUT2D eigenvalue weighted by Gasteiger charge is -2.25. The summed E-state index contributed by atoms with van der Waals surface area (Å²) >= 11 is 0. The van der Waals surface area contributed by atoms with Crippen molar-refractivity contribution in [2.24, 2.45) is 0 Å². The highest BCUT2D eigenvalue weighted by molar-refractivity contribution is 5.77. The smallest absolute Gasteiger partial charge is 0.223 e. The fourth-order valence-corrected chi connectivity index (χ4v) is 3.08. The first-order chi connectivity index (χ1) is 11.8. The highest BCUT2D eigenvalue weighted by Gasteiger charge is 2.21. The normalized spacial score (nSPS) is 10.8. The van der Waals surface area contributed by atoms with E-state index in [0.717, 1.165) is 32.4 Å². The minimum Gasteiger partial charge on any atom is -0.343 e. The summed E-state index contributed by atoms with van der Waals surface area (Å²) in [7, 11) is 0. The van der Waals surface area contributed by atoms with Crippen LogP contribution in [0.2, 0.25) is 0 Å². The number of benzene rings is 2. The summed E-state index contributed by atoms with van der Waals surface area (Å²) in [4.78, 5) is 15.0. The molecule has 0 aliphatic rings. The van der Waals surface area contributed by atoms with Gasteiger partial charge < -0.3 is 4.90 Å². The third-order valence-electron chi connectivity index (χ3n) is 4.41. The van der Waals surface area contributed by atoms with Crippen LogP contribution in [0.1, 0.15) is 56.6 Å². The van der Waals surface area contributed by atoms with E-state index in [9.17, 15) is 4.79 Å². The van der Waals surface area contributed by atoms with Crippen LogP contribution in [0, 0.1) is 0 Å². The van der Waals surface area contributed by atoms with Gasteiger partial charge in [0.15, 0.2) is 0 Å². The van der Waals surface area contributed by atoms with Crippen molar-refractivity contribution >= 4 is 5.91 Å². The number of rotatable bonds is 9. The first kappa shape index (κ1) is 18.3. The molecule has 0 N–H and O–H groups in total. The van der Waals surface area contributed by atoms with Crippen molar-refractivity contribution < 1.29 is 4.79 Å². The van der Waals surface area contributed by atoms with Crippen molar-refractivity contribution in [3.05, 3.63) is 71.8 Å². The van der Waals surface area contributed by atoms with Gasteiger partial charge in [0.05, 0.1) is 0 Å². The van der Waals surface area contributed by atoms with Crippen molar-refractivity contribution in [3.63, 3.8) is 0 Å². The molecule has 2 heteroatoms. The van der Waals surface area contributed by atoms with Crippen molar-refractivity contribution in [2.75, 3.05) is 13.1 Å². The van der Waals surface area contributed by atoms with E-state index in [1.54, 1.807) is 0 Å². The van der Waals surface area contributed by atoms with Gasteiger partial charge in [-0.05, 0) is 24.0 Å². The Morgan fingerprint density at radius 2 is 1.38 bits per heavy atom. The number of amides is 1. The Bertz CT molecular complexity index is 554. The van der Waals surface area contributed by atoms with Crippen LogP contribution in [0.25, 0.3) is 0 Å². The Balaban J connectivity index is 2.20. The Kier molecular flexibility index (Phi) is 7.54. The lowest BCUT2D eigenvalue weighted by molar-refractivity contribution is -0.131. The van der Waals surface area contributed by atoms with Gasteiger partial charge in [-0.15, -0.1) is 0 Å². The molecule has 0 radical (unpaired) electrons. The third kappa shape index (κ3) is 5.23. The molecule has 0 fully saturated rings. The van der Waals surface area contributed by atoms with Crippen molar-refractivity contribution in [2.45, 2.75) is 45.4 Å². The third-order valence-corrected chi connectivity index (χ3v) is 4.41. The van der Waals surface area contributed by atoms with E-state index in [2.05, 4.69) is 62.4 Å². The Hall–Kier alpha value is -2.09. The average Bonchev–Trinajstić information content (AvgIpc) is 2.64. The van der Waals surface area contributed by atoms with Crippen LogP contribution >= 0.6 is 0 Å².